The van der Waals surface area contributed by atoms with Gasteiger partial charge in [-0.15, -0.1) is 0 Å². The number of carbonyl (C=O) groups excluding carboxylic acids is 1. The van der Waals surface area contributed by atoms with E-state index in [1.165, 1.54) is 0 Å². The molecular weight excluding hydrogens is 380 g/mol. The second-order valence-electron chi connectivity index (χ2n) is 7.91. The maximum Gasteiger partial charge on any atom is 0.259 e. The van der Waals surface area contributed by atoms with E-state index < -0.39 is 0 Å². The summed E-state index contributed by atoms with van der Waals surface area (Å²) in [5, 5.41) is 7.29. The number of aromatic nitrogens is 4. The van der Waals surface area contributed by atoms with Crippen LogP contribution < -0.4 is 5.32 Å². The summed E-state index contributed by atoms with van der Waals surface area (Å²) in [6.45, 7) is 7.20. The minimum Gasteiger partial charge on any atom is -0.361 e. The summed E-state index contributed by atoms with van der Waals surface area (Å²) in [5.41, 5.74) is 2.30. The van der Waals surface area contributed by atoms with Crippen LogP contribution in [0.4, 0.5) is 11.6 Å². The number of anilines is 2. The molecule has 8 heteroatoms. The maximum atomic E-state index is 13.3. The zero-order chi connectivity index (χ0) is 21.1. The van der Waals surface area contributed by atoms with Crippen molar-refractivity contribution in [3.8, 4) is 0 Å². The molecule has 1 aliphatic heterocycles. The number of aryl methyl sites for hydroxylation is 1. The summed E-state index contributed by atoms with van der Waals surface area (Å²) in [5.74, 6) is 2.25. The van der Waals surface area contributed by atoms with Crippen LogP contribution in [0, 0.1) is 6.92 Å². The Hall–Kier alpha value is -3.29. The lowest BCUT2D eigenvalue weighted by molar-refractivity contribution is 0.0703. The molecule has 0 unspecified atom stereocenters. The molecule has 0 aliphatic carbocycles. The van der Waals surface area contributed by atoms with Gasteiger partial charge >= 0.3 is 0 Å². The number of hydrogen-bond acceptors (Lipinski definition) is 7. The molecule has 0 saturated carbocycles. The van der Waals surface area contributed by atoms with Crippen LogP contribution in [0.15, 0.2) is 41.3 Å². The first-order chi connectivity index (χ1) is 14.5. The lowest BCUT2D eigenvalue weighted by Crippen LogP contribution is -2.39. The molecule has 3 aromatic heterocycles. The first-order valence-electron chi connectivity index (χ1n) is 10.3. The molecule has 0 bridgehead atoms. The molecule has 30 heavy (non-hydrogen) atoms. The van der Waals surface area contributed by atoms with Crippen LogP contribution in [0.1, 0.15) is 66.0 Å². The van der Waals surface area contributed by atoms with Crippen molar-refractivity contribution in [2.75, 3.05) is 18.4 Å². The first-order valence-corrected chi connectivity index (χ1v) is 10.3. The fraction of sp³-hybridized carbons (Fsp3) is 0.409. The normalized spacial score (nSPS) is 16.7. The number of carbonyl (C=O) groups is 1. The summed E-state index contributed by atoms with van der Waals surface area (Å²) in [6, 6.07) is 5.90. The van der Waals surface area contributed by atoms with Gasteiger partial charge in [-0.1, -0.05) is 25.1 Å². The van der Waals surface area contributed by atoms with Crippen molar-refractivity contribution >= 4 is 17.5 Å². The molecule has 1 saturated heterocycles. The Kier molecular flexibility index (Phi) is 5.74. The highest BCUT2D eigenvalue weighted by molar-refractivity contribution is 5.96. The Morgan fingerprint density at radius 2 is 2.13 bits per heavy atom. The zero-order valence-electron chi connectivity index (χ0n) is 17.5. The van der Waals surface area contributed by atoms with Gasteiger partial charge in [0.15, 0.2) is 0 Å². The van der Waals surface area contributed by atoms with Crippen molar-refractivity contribution < 1.29 is 9.32 Å². The minimum absolute atomic E-state index is 0.00371. The number of piperidine rings is 1. The Morgan fingerprint density at radius 1 is 1.27 bits per heavy atom. The summed E-state index contributed by atoms with van der Waals surface area (Å²) in [6.07, 6.45) is 6.84. The largest absolute Gasteiger partial charge is 0.361 e. The van der Waals surface area contributed by atoms with Crippen LogP contribution in [0.3, 0.4) is 0 Å². The van der Waals surface area contributed by atoms with E-state index in [9.17, 15) is 4.79 Å². The number of pyridine rings is 1. The van der Waals surface area contributed by atoms with Crippen molar-refractivity contribution in [3.63, 3.8) is 0 Å². The molecule has 0 spiro atoms. The van der Waals surface area contributed by atoms with Crippen LogP contribution in [0.2, 0.25) is 0 Å². The van der Waals surface area contributed by atoms with E-state index in [2.05, 4.69) is 20.4 Å². The number of amides is 1. The molecule has 156 valence electrons. The molecule has 4 heterocycles. The van der Waals surface area contributed by atoms with Crippen LogP contribution in [0.25, 0.3) is 0 Å². The number of rotatable bonds is 5. The highest BCUT2D eigenvalue weighted by Gasteiger charge is 2.31. The molecule has 1 aliphatic rings. The quantitative estimate of drug-likeness (QED) is 0.682. The fourth-order valence-corrected chi connectivity index (χ4v) is 3.85. The number of nitrogens with zero attached hydrogens (tertiary/aromatic N) is 5. The average Bonchev–Trinajstić information content (AvgIpc) is 3.16. The Bertz CT molecular complexity index is 1020. The number of nitrogens with one attached hydrogen (secondary N) is 1. The van der Waals surface area contributed by atoms with Crippen molar-refractivity contribution in [1.29, 1.82) is 0 Å². The summed E-state index contributed by atoms with van der Waals surface area (Å²) in [7, 11) is 0. The molecule has 0 radical (unpaired) electrons. The fourth-order valence-electron chi connectivity index (χ4n) is 3.85. The Labute approximate surface area is 175 Å². The lowest BCUT2D eigenvalue weighted by atomic mass is 9.93. The molecule has 1 amide bonds. The topological polar surface area (TPSA) is 97.0 Å². The standard InChI is InChI=1S/C22H26N6O2/c1-14(2)21-20(15(3)30-27-21)22(29)28-11-5-6-16(13-28)17-7-4-8-18(25-17)26-19-12-23-9-10-24-19/h4,7-10,12,14,16H,5-6,11,13H2,1-3H3,(H,24,25,26)/t16-/m1/s1. The second kappa shape index (κ2) is 8.61. The molecule has 1 N–H and O–H groups in total. The highest BCUT2D eigenvalue weighted by atomic mass is 16.5. The SMILES string of the molecule is Cc1onc(C(C)C)c1C(=O)N1CCC[C@@H](c2cccc(Nc3cnccn3)n2)C1. The Balaban J connectivity index is 1.51. The van der Waals surface area contributed by atoms with E-state index in [4.69, 9.17) is 9.51 Å². The predicted octanol–water partition coefficient (Wildman–Crippen LogP) is 4.05. The predicted molar refractivity (Wildman–Crippen MR) is 113 cm³/mol. The molecule has 1 fully saturated rings. The first kappa shape index (κ1) is 20.0. The number of likely N-dealkylation sites (tertiary alicyclic amines) is 1. The van der Waals surface area contributed by atoms with E-state index in [1.807, 2.05) is 36.9 Å². The summed E-state index contributed by atoms with van der Waals surface area (Å²) < 4.78 is 5.32. The van der Waals surface area contributed by atoms with Gasteiger partial charge in [0.25, 0.3) is 5.91 Å². The van der Waals surface area contributed by atoms with Gasteiger partial charge in [-0.05, 0) is 37.8 Å². The van der Waals surface area contributed by atoms with Crippen LogP contribution in [0.5, 0.6) is 0 Å². The van der Waals surface area contributed by atoms with E-state index in [-0.39, 0.29) is 17.7 Å². The van der Waals surface area contributed by atoms with Crippen LogP contribution in [-0.4, -0.2) is 44.0 Å². The Morgan fingerprint density at radius 3 is 2.90 bits per heavy atom. The summed E-state index contributed by atoms with van der Waals surface area (Å²) >= 11 is 0. The van der Waals surface area contributed by atoms with E-state index in [0.717, 1.165) is 30.8 Å². The van der Waals surface area contributed by atoms with Gasteiger partial charge in [0.1, 0.15) is 23.0 Å². The molecule has 4 rings (SSSR count). The van der Waals surface area contributed by atoms with Gasteiger partial charge in [0, 0.05) is 37.1 Å². The third kappa shape index (κ3) is 4.17. The second-order valence-corrected chi connectivity index (χ2v) is 7.91. The van der Waals surface area contributed by atoms with Crippen LogP contribution >= 0.6 is 0 Å². The highest BCUT2D eigenvalue weighted by Crippen LogP contribution is 2.30. The zero-order valence-corrected chi connectivity index (χ0v) is 17.5. The molecule has 8 nitrogen and oxygen atoms in total. The van der Waals surface area contributed by atoms with Gasteiger partial charge in [-0.2, -0.15) is 0 Å². The third-order valence-electron chi connectivity index (χ3n) is 5.37. The molecule has 3 aromatic rings. The third-order valence-corrected chi connectivity index (χ3v) is 5.37. The van der Waals surface area contributed by atoms with Crippen molar-refractivity contribution in [3.05, 3.63) is 59.5 Å². The van der Waals surface area contributed by atoms with E-state index in [0.29, 0.717) is 29.5 Å². The van der Waals surface area contributed by atoms with E-state index >= 15 is 0 Å². The van der Waals surface area contributed by atoms with Crippen molar-refractivity contribution in [1.82, 2.24) is 25.0 Å². The molecule has 0 aromatic carbocycles. The smallest absolute Gasteiger partial charge is 0.259 e. The molecular formula is C22H26N6O2. The van der Waals surface area contributed by atoms with Gasteiger partial charge in [-0.25, -0.2) is 9.97 Å². The average molecular weight is 406 g/mol. The van der Waals surface area contributed by atoms with E-state index in [1.54, 1.807) is 25.5 Å². The van der Waals surface area contributed by atoms with Crippen molar-refractivity contribution in [2.45, 2.75) is 45.4 Å². The lowest BCUT2D eigenvalue weighted by Gasteiger charge is -2.32. The maximum absolute atomic E-state index is 13.3. The number of hydrogen-bond donors (Lipinski definition) is 1. The van der Waals surface area contributed by atoms with Crippen LogP contribution in [-0.2, 0) is 0 Å². The monoisotopic (exact) mass is 406 g/mol. The van der Waals surface area contributed by atoms with Gasteiger partial charge in [-0.3, -0.25) is 9.78 Å². The molecule has 1 atom stereocenters. The summed E-state index contributed by atoms with van der Waals surface area (Å²) in [4.78, 5) is 28.2. The van der Waals surface area contributed by atoms with Gasteiger partial charge in [0.05, 0.1) is 11.9 Å². The van der Waals surface area contributed by atoms with Crippen molar-refractivity contribution in [2.24, 2.45) is 0 Å². The van der Waals surface area contributed by atoms with Gasteiger partial charge in [0.2, 0.25) is 0 Å². The van der Waals surface area contributed by atoms with Gasteiger partial charge < -0.3 is 14.7 Å². The minimum atomic E-state index is -0.00371.